The molecule has 3 unspecified atom stereocenters. The Bertz CT molecular complexity index is 1180. The largest absolute Gasteiger partial charge is 0.480 e. The maximum absolute atomic E-state index is 11.7. The van der Waals surface area contributed by atoms with E-state index in [1.807, 2.05) is 26.0 Å². The zero-order chi connectivity index (χ0) is 36.3. The monoisotopic (exact) mass is 762 g/mol. The van der Waals surface area contributed by atoms with Gasteiger partial charge in [0.05, 0.1) is 0 Å². The van der Waals surface area contributed by atoms with Gasteiger partial charge in [0.2, 0.25) is 11.8 Å². The quantitative estimate of drug-likeness (QED) is 0.111. The van der Waals surface area contributed by atoms with Gasteiger partial charge in [0, 0.05) is 23.3 Å². The summed E-state index contributed by atoms with van der Waals surface area (Å²) in [6.07, 6.45) is 3.42. The number of likely N-dealkylation sites (tertiary alicyclic amines) is 3. The molecule has 0 radical (unpaired) electrons. The molecule has 280 valence electrons. The number of nitrogens with one attached hydrogen (secondary N) is 3. The van der Waals surface area contributed by atoms with E-state index in [0.717, 1.165) is 39.0 Å². The first-order valence-corrected chi connectivity index (χ1v) is 17.3. The molecule has 3 saturated heterocycles. The summed E-state index contributed by atoms with van der Waals surface area (Å²) in [5.41, 5.74) is 5.58. The lowest BCUT2D eigenvalue weighted by atomic mass is 9.88. The molecule has 8 N–H and O–H groups in total. The Labute approximate surface area is 301 Å². The third-order valence-corrected chi connectivity index (χ3v) is 11.8. The molecule has 3 aliphatic rings. The van der Waals surface area contributed by atoms with Gasteiger partial charge in [0.15, 0.2) is 0 Å². The molecule has 0 bridgehead atoms. The smallest absolute Gasteiger partial charge is 0.327 e. The first-order chi connectivity index (χ1) is 21.6. The van der Waals surface area contributed by atoms with Crippen LogP contribution < -0.4 is 16.4 Å². The molecule has 2 amide bonds. The third kappa shape index (κ3) is 13.4. The number of rotatable bonds is 9. The summed E-state index contributed by atoms with van der Waals surface area (Å²) in [6, 6.07) is -3.05. The standard InChI is InChI=1S/C10H18N3O4S.C10H18N2O3S.C8H16N2O2S.ClH/c1-7(14)12-8(9(15)16)10(18(11)17)3-5-13(2)6-4-10;1-7(13)11-8(9(14)15)10(16)3-5-12(2)6-4-10;1-10-4-2-8(13,3-5-10)6(9)7(11)12;/h8,11H,3-6H2,1-2H3,(H,12,14)(H,15,16);8,16H,3-6H2,1-2H3,(H,11,13)(H,14,15);6,13H,2-5,9H2,1H3,(H,11,12);1H/q-1;;;. The fourth-order valence-electron chi connectivity index (χ4n) is 5.67. The molecule has 0 spiro atoms. The average molecular weight is 763 g/mol. The van der Waals surface area contributed by atoms with E-state index >= 15 is 0 Å². The summed E-state index contributed by atoms with van der Waals surface area (Å²) < 4.78 is 16.8. The van der Waals surface area contributed by atoms with Gasteiger partial charge in [-0.15, -0.1) is 12.4 Å². The Morgan fingerprint density at radius 1 is 0.688 bits per heavy atom. The minimum Gasteiger partial charge on any atom is -0.480 e. The van der Waals surface area contributed by atoms with Gasteiger partial charge < -0.3 is 55.4 Å². The van der Waals surface area contributed by atoms with Gasteiger partial charge in [-0.05, 0) is 104 Å². The summed E-state index contributed by atoms with van der Waals surface area (Å²) in [7, 11) is 3.82. The van der Waals surface area contributed by atoms with Crippen molar-refractivity contribution < 1.29 is 43.5 Å². The molecule has 0 aromatic carbocycles. The zero-order valence-electron chi connectivity index (χ0n) is 28.1. The number of carbonyl (C=O) groups excluding carboxylic acids is 2. The van der Waals surface area contributed by atoms with Gasteiger partial charge >= 0.3 is 17.9 Å². The number of nitrogens with zero attached hydrogens (tertiary/aromatic N) is 3. The van der Waals surface area contributed by atoms with E-state index in [0.29, 0.717) is 38.8 Å². The Hall–Kier alpha value is -1.87. The number of amides is 2. The number of thiol groups is 2. The highest BCUT2D eigenvalue weighted by Crippen LogP contribution is 2.33. The highest BCUT2D eigenvalue weighted by molar-refractivity contribution is 7.82. The van der Waals surface area contributed by atoms with Crippen LogP contribution in [-0.4, -0.2) is 153 Å². The Kier molecular flexibility index (Phi) is 19.3. The van der Waals surface area contributed by atoms with Crippen molar-refractivity contribution in [3.05, 3.63) is 0 Å². The van der Waals surface area contributed by atoms with Crippen LogP contribution in [0.2, 0.25) is 0 Å². The number of carboxylic acids is 3. The first-order valence-electron chi connectivity index (χ1n) is 15.2. The number of halogens is 1. The molecule has 3 atom stereocenters. The lowest BCUT2D eigenvalue weighted by Gasteiger charge is -2.47. The number of nitrogens with two attached hydrogens (primary N) is 1. The van der Waals surface area contributed by atoms with Crippen LogP contribution >= 0.6 is 37.7 Å². The van der Waals surface area contributed by atoms with E-state index < -0.39 is 66.8 Å². The van der Waals surface area contributed by atoms with Crippen LogP contribution in [0.15, 0.2) is 0 Å². The maximum atomic E-state index is 11.7. The molecule has 0 aliphatic carbocycles. The fraction of sp³-hybridized carbons (Fsp3) is 0.821. The Balaban J connectivity index is 0.000000692. The predicted octanol–water partition coefficient (Wildman–Crippen LogP) is -0.0495. The molecular formula is C28H53ClN7O9S3-. The van der Waals surface area contributed by atoms with Crippen LogP contribution in [0.1, 0.15) is 52.4 Å². The number of aliphatic carboxylic acids is 3. The first kappa shape index (κ1) is 46.1. The second-order valence-corrected chi connectivity index (χ2v) is 15.8. The third-order valence-electron chi connectivity index (χ3n) is 9.01. The fourth-order valence-corrected chi connectivity index (χ4v) is 7.28. The van der Waals surface area contributed by atoms with E-state index in [-0.39, 0.29) is 18.3 Å². The summed E-state index contributed by atoms with van der Waals surface area (Å²) in [6.45, 7) is 6.99. The second-order valence-electron chi connectivity index (χ2n) is 12.7. The van der Waals surface area contributed by atoms with Crippen molar-refractivity contribution in [2.24, 2.45) is 5.73 Å². The Morgan fingerprint density at radius 3 is 1.29 bits per heavy atom. The van der Waals surface area contributed by atoms with Crippen molar-refractivity contribution in [2.45, 2.75) is 84.7 Å². The van der Waals surface area contributed by atoms with E-state index in [4.69, 9.17) is 20.7 Å². The Morgan fingerprint density at radius 2 is 1.00 bits per heavy atom. The SMILES string of the molecule is CC(=O)NC(C(=O)O)C1(S)CCN(C)CC1.CC(=O)NC(C(=O)O)C1([S-](=N)=O)CCN(C)CC1.CN1CCC(S)(C(N)C(=O)O)CC1.Cl. The van der Waals surface area contributed by atoms with Gasteiger partial charge in [-0.1, -0.05) is 0 Å². The van der Waals surface area contributed by atoms with Gasteiger partial charge in [-0.3, -0.25) is 19.2 Å². The van der Waals surface area contributed by atoms with E-state index in [2.05, 4.69) is 45.7 Å². The molecule has 48 heavy (non-hydrogen) atoms. The number of hydrogen-bond acceptors (Lipinski definition) is 14. The predicted molar refractivity (Wildman–Crippen MR) is 190 cm³/mol. The van der Waals surface area contributed by atoms with E-state index in [1.165, 1.54) is 13.8 Å². The molecule has 3 aliphatic heterocycles. The van der Waals surface area contributed by atoms with Gasteiger partial charge in [-0.25, -0.2) is 4.79 Å². The summed E-state index contributed by atoms with van der Waals surface area (Å²) in [5.74, 6) is -4.05. The zero-order valence-corrected chi connectivity index (χ0v) is 31.6. The average Bonchev–Trinajstić information content (AvgIpc) is 2.98. The molecular weight excluding hydrogens is 710 g/mol. The summed E-state index contributed by atoms with van der Waals surface area (Å²) in [4.78, 5) is 61.5. The van der Waals surface area contributed by atoms with Gasteiger partial charge in [-0.2, -0.15) is 35.9 Å². The lowest BCUT2D eigenvalue weighted by molar-refractivity contribution is -0.143. The molecule has 20 heteroatoms. The van der Waals surface area contributed by atoms with Crippen molar-refractivity contribution in [1.82, 2.24) is 25.3 Å². The summed E-state index contributed by atoms with van der Waals surface area (Å²) in [5, 5.41) is 31.9. The van der Waals surface area contributed by atoms with Crippen LogP contribution in [-0.2, 0) is 38.8 Å². The topological polar surface area (TPSA) is 247 Å². The van der Waals surface area contributed by atoms with Crippen LogP contribution in [0, 0.1) is 4.78 Å². The molecule has 3 fully saturated rings. The van der Waals surface area contributed by atoms with Crippen molar-refractivity contribution in [3.63, 3.8) is 0 Å². The highest BCUT2D eigenvalue weighted by Gasteiger charge is 2.43. The van der Waals surface area contributed by atoms with Crippen LogP contribution in [0.25, 0.3) is 0 Å². The molecule has 0 aromatic rings. The van der Waals surface area contributed by atoms with Crippen LogP contribution in [0.5, 0.6) is 0 Å². The summed E-state index contributed by atoms with van der Waals surface area (Å²) >= 11 is 8.87. The van der Waals surface area contributed by atoms with Crippen molar-refractivity contribution in [1.29, 1.82) is 4.78 Å². The van der Waals surface area contributed by atoms with Crippen molar-refractivity contribution in [3.8, 4) is 0 Å². The molecule has 3 heterocycles. The molecule has 3 rings (SSSR count). The molecule has 0 saturated carbocycles. The minimum atomic E-state index is -2.06. The molecule has 16 nitrogen and oxygen atoms in total. The van der Waals surface area contributed by atoms with Crippen molar-refractivity contribution in [2.75, 3.05) is 60.4 Å². The normalized spacial score (nSPS) is 22.4. The number of carboxylic acid groups (broad SMARTS) is 3. The van der Waals surface area contributed by atoms with E-state index in [9.17, 15) is 33.3 Å². The molecule has 0 aromatic heterocycles. The lowest BCUT2D eigenvalue weighted by Crippen LogP contribution is -2.60. The minimum absolute atomic E-state index is 0. The second kappa shape index (κ2) is 20.1. The number of hydrogen-bond donors (Lipinski definition) is 9. The van der Waals surface area contributed by atoms with Crippen molar-refractivity contribution >= 4 is 78.0 Å². The van der Waals surface area contributed by atoms with E-state index in [1.54, 1.807) is 0 Å². The van der Waals surface area contributed by atoms with Gasteiger partial charge in [0.1, 0.15) is 18.1 Å². The number of piperidine rings is 3. The maximum Gasteiger partial charge on any atom is 0.327 e. The van der Waals surface area contributed by atoms with Crippen LogP contribution in [0.4, 0.5) is 0 Å². The number of carbonyl (C=O) groups is 5. The van der Waals surface area contributed by atoms with Crippen LogP contribution in [0.3, 0.4) is 0 Å². The highest BCUT2D eigenvalue weighted by atomic mass is 35.5. The van der Waals surface area contributed by atoms with Gasteiger partial charge in [0.25, 0.3) is 0 Å².